The molecule has 19 heavy (non-hydrogen) atoms. The zero-order valence-corrected chi connectivity index (χ0v) is 11.0. The Bertz CT molecular complexity index is 521. The summed E-state index contributed by atoms with van der Waals surface area (Å²) in [6.07, 6.45) is 0.810. The molecule has 1 saturated carbocycles. The average Bonchev–Trinajstić information content (AvgIpc) is 3.07. The summed E-state index contributed by atoms with van der Waals surface area (Å²) < 4.78 is 17.7. The molecule has 6 heteroatoms. The molecule has 2 rings (SSSR count). The fourth-order valence-electron chi connectivity index (χ4n) is 1.67. The highest BCUT2D eigenvalue weighted by Gasteiger charge is 2.40. The van der Waals surface area contributed by atoms with Crippen LogP contribution in [0.3, 0.4) is 0 Å². The minimum absolute atomic E-state index is 0.0813. The summed E-state index contributed by atoms with van der Waals surface area (Å²) in [6.45, 7) is 1.58. The molecule has 1 aliphatic carbocycles. The van der Waals surface area contributed by atoms with Crippen molar-refractivity contribution in [2.45, 2.75) is 13.3 Å². The predicted octanol–water partition coefficient (Wildman–Crippen LogP) is 2.62. The molecule has 1 aromatic rings. The van der Waals surface area contributed by atoms with Gasteiger partial charge >= 0.3 is 5.97 Å². The summed E-state index contributed by atoms with van der Waals surface area (Å²) in [7, 11) is 0. The summed E-state index contributed by atoms with van der Waals surface area (Å²) in [6, 6.07) is 3.62. The van der Waals surface area contributed by atoms with Crippen molar-refractivity contribution in [2.75, 3.05) is 11.9 Å². The van der Waals surface area contributed by atoms with Gasteiger partial charge in [0.25, 0.3) is 5.91 Å². The fourth-order valence-corrected chi connectivity index (χ4v) is 1.89. The molecule has 2 atom stereocenters. The number of nitrogens with one attached hydrogen (secondary N) is 1. The van der Waals surface area contributed by atoms with Gasteiger partial charge in [-0.05, 0) is 30.5 Å². The van der Waals surface area contributed by atoms with E-state index in [0.29, 0.717) is 5.92 Å². The first-order chi connectivity index (χ1) is 8.97. The third kappa shape index (κ3) is 3.67. The Morgan fingerprint density at radius 2 is 2.21 bits per heavy atom. The standard InChI is InChI=1S/C13H13ClFNO3/c1-7-4-9(7)13(18)19-6-12(17)16-11-3-2-8(15)5-10(11)14/h2-3,5,7,9H,4,6H2,1H3,(H,16,17)/t7-,9+/m1/s1. The van der Waals surface area contributed by atoms with Crippen LogP contribution in [0.4, 0.5) is 10.1 Å². The Labute approximate surface area is 114 Å². The van der Waals surface area contributed by atoms with Gasteiger partial charge in [-0.15, -0.1) is 0 Å². The highest BCUT2D eigenvalue weighted by atomic mass is 35.5. The third-order valence-electron chi connectivity index (χ3n) is 2.96. The molecule has 1 aromatic carbocycles. The van der Waals surface area contributed by atoms with E-state index in [2.05, 4.69) is 5.32 Å². The number of rotatable bonds is 4. The van der Waals surface area contributed by atoms with Gasteiger partial charge in [0.15, 0.2) is 6.61 Å². The highest BCUT2D eigenvalue weighted by Crippen LogP contribution is 2.38. The van der Waals surface area contributed by atoms with E-state index < -0.39 is 11.7 Å². The Hall–Kier alpha value is -1.62. The molecule has 0 bridgehead atoms. The monoisotopic (exact) mass is 285 g/mol. The quantitative estimate of drug-likeness (QED) is 0.865. The average molecular weight is 286 g/mol. The van der Waals surface area contributed by atoms with Gasteiger partial charge in [0.1, 0.15) is 5.82 Å². The lowest BCUT2D eigenvalue weighted by atomic mass is 10.3. The van der Waals surface area contributed by atoms with E-state index in [1.165, 1.54) is 12.1 Å². The van der Waals surface area contributed by atoms with E-state index in [1.54, 1.807) is 0 Å². The van der Waals surface area contributed by atoms with E-state index in [0.717, 1.165) is 12.5 Å². The maximum absolute atomic E-state index is 12.8. The van der Waals surface area contributed by atoms with Gasteiger partial charge in [0.2, 0.25) is 0 Å². The van der Waals surface area contributed by atoms with Crippen molar-refractivity contribution in [1.82, 2.24) is 0 Å². The van der Waals surface area contributed by atoms with E-state index >= 15 is 0 Å². The second-order valence-electron chi connectivity index (χ2n) is 4.60. The van der Waals surface area contributed by atoms with Gasteiger partial charge in [-0.2, -0.15) is 0 Å². The van der Waals surface area contributed by atoms with Gasteiger partial charge in [-0.1, -0.05) is 18.5 Å². The molecule has 0 aromatic heterocycles. The molecule has 1 N–H and O–H groups in total. The van der Waals surface area contributed by atoms with Gasteiger partial charge in [0.05, 0.1) is 16.6 Å². The van der Waals surface area contributed by atoms with Crippen LogP contribution in [0.15, 0.2) is 18.2 Å². The maximum Gasteiger partial charge on any atom is 0.309 e. The van der Waals surface area contributed by atoms with Gasteiger partial charge in [-0.3, -0.25) is 9.59 Å². The number of ether oxygens (including phenoxy) is 1. The first kappa shape index (κ1) is 13.8. The van der Waals surface area contributed by atoms with Gasteiger partial charge < -0.3 is 10.1 Å². The van der Waals surface area contributed by atoms with E-state index in [9.17, 15) is 14.0 Å². The topological polar surface area (TPSA) is 55.4 Å². The van der Waals surface area contributed by atoms with E-state index in [-0.39, 0.29) is 29.2 Å². The van der Waals surface area contributed by atoms with Crippen molar-refractivity contribution < 1.29 is 18.7 Å². The molecule has 0 saturated heterocycles. The molecule has 0 spiro atoms. The number of carbonyl (C=O) groups excluding carboxylic acids is 2. The molecular weight excluding hydrogens is 273 g/mol. The zero-order chi connectivity index (χ0) is 14.0. The van der Waals surface area contributed by atoms with Crippen LogP contribution in [0.5, 0.6) is 0 Å². The Morgan fingerprint density at radius 1 is 1.53 bits per heavy atom. The third-order valence-corrected chi connectivity index (χ3v) is 3.28. The largest absolute Gasteiger partial charge is 0.455 e. The summed E-state index contributed by atoms with van der Waals surface area (Å²) >= 11 is 5.75. The molecule has 1 amide bonds. The van der Waals surface area contributed by atoms with Crippen LogP contribution in [0.25, 0.3) is 0 Å². The summed E-state index contributed by atoms with van der Waals surface area (Å²) in [5, 5.41) is 2.54. The summed E-state index contributed by atoms with van der Waals surface area (Å²) in [4.78, 5) is 22.9. The van der Waals surface area contributed by atoms with Crippen molar-refractivity contribution in [3.63, 3.8) is 0 Å². The van der Waals surface area contributed by atoms with Crippen molar-refractivity contribution in [2.24, 2.45) is 11.8 Å². The first-order valence-electron chi connectivity index (χ1n) is 5.89. The van der Waals surface area contributed by atoms with Crippen LogP contribution in [0.2, 0.25) is 5.02 Å². The van der Waals surface area contributed by atoms with Crippen molar-refractivity contribution in [3.05, 3.63) is 29.0 Å². The summed E-state index contributed by atoms with van der Waals surface area (Å²) in [5.74, 6) is -1.09. The molecule has 1 fully saturated rings. The number of anilines is 1. The van der Waals surface area contributed by atoms with Crippen molar-refractivity contribution in [3.8, 4) is 0 Å². The lowest BCUT2D eigenvalue weighted by Crippen LogP contribution is -2.21. The zero-order valence-electron chi connectivity index (χ0n) is 10.3. The Morgan fingerprint density at radius 3 is 2.79 bits per heavy atom. The lowest BCUT2D eigenvalue weighted by Gasteiger charge is -2.07. The van der Waals surface area contributed by atoms with Crippen LogP contribution in [0, 0.1) is 17.7 Å². The Balaban J connectivity index is 1.82. The smallest absolute Gasteiger partial charge is 0.309 e. The fraction of sp³-hybridized carbons (Fsp3) is 0.385. The number of halogens is 2. The number of carbonyl (C=O) groups is 2. The normalized spacial score (nSPS) is 20.8. The highest BCUT2D eigenvalue weighted by molar-refractivity contribution is 6.33. The maximum atomic E-state index is 12.8. The minimum Gasteiger partial charge on any atom is -0.455 e. The van der Waals surface area contributed by atoms with E-state index in [1.807, 2.05) is 6.92 Å². The first-order valence-corrected chi connectivity index (χ1v) is 6.26. The molecule has 0 radical (unpaired) electrons. The number of hydrogen-bond donors (Lipinski definition) is 1. The lowest BCUT2D eigenvalue weighted by molar-refractivity contribution is -0.148. The molecule has 1 aliphatic rings. The van der Waals surface area contributed by atoms with Gasteiger partial charge in [-0.25, -0.2) is 4.39 Å². The molecule has 0 heterocycles. The van der Waals surface area contributed by atoms with Gasteiger partial charge in [0, 0.05) is 0 Å². The van der Waals surface area contributed by atoms with Crippen LogP contribution in [-0.4, -0.2) is 18.5 Å². The molecule has 0 aliphatic heterocycles. The number of hydrogen-bond acceptors (Lipinski definition) is 3. The number of esters is 1. The second-order valence-corrected chi connectivity index (χ2v) is 5.01. The molecule has 4 nitrogen and oxygen atoms in total. The summed E-state index contributed by atoms with van der Waals surface area (Å²) in [5.41, 5.74) is 0.281. The van der Waals surface area contributed by atoms with Crippen LogP contribution >= 0.6 is 11.6 Å². The Kier molecular flexibility index (Phi) is 4.04. The molecule has 0 unspecified atom stereocenters. The second kappa shape index (κ2) is 5.57. The SMILES string of the molecule is C[C@@H]1C[C@@H]1C(=O)OCC(=O)Nc1ccc(F)cc1Cl. The predicted molar refractivity (Wildman–Crippen MR) is 68.3 cm³/mol. The van der Waals surface area contributed by atoms with Crippen molar-refractivity contribution in [1.29, 1.82) is 0 Å². The van der Waals surface area contributed by atoms with Crippen LogP contribution < -0.4 is 5.32 Å². The van der Waals surface area contributed by atoms with Crippen molar-refractivity contribution >= 4 is 29.2 Å². The number of benzene rings is 1. The molecular formula is C13H13ClFNO3. The van der Waals surface area contributed by atoms with Crippen LogP contribution in [-0.2, 0) is 14.3 Å². The molecule has 102 valence electrons. The van der Waals surface area contributed by atoms with Crippen LogP contribution in [0.1, 0.15) is 13.3 Å². The van der Waals surface area contributed by atoms with E-state index in [4.69, 9.17) is 16.3 Å². The number of amides is 1. The minimum atomic E-state index is -0.504.